The van der Waals surface area contributed by atoms with E-state index in [1.165, 1.54) is 68.7 Å². The van der Waals surface area contributed by atoms with Crippen molar-refractivity contribution in [3.63, 3.8) is 0 Å². The van der Waals surface area contributed by atoms with Crippen LogP contribution in [0.4, 0.5) is 5.69 Å². The molecule has 0 aliphatic rings. The van der Waals surface area contributed by atoms with Gasteiger partial charge in [0.25, 0.3) is 5.69 Å². The number of nitro benzene ring substituents is 1. The lowest BCUT2D eigenvalue weighted by molar-refractivity contribution is -0.384. The van der Waals surface area contributed by atoms with Gasteiger partial charge in [-0.15, -0.1) is 0 Å². The number of carbonyl (C=O) groups is 1. The van der Waals surface area contributed by atoms with Crippen LogP contribution in [0.5, 0.6) is 0 Å². The molecule has 2 aromatic carbocycles. The van der Waals surface area contributed by atoms with Crippen LogP contribution in [-0.4, -0.2) is 37.5 Å². The molecule has 7 nitrogen and oxygen atoms in total. The van der Waals surface area contributed by atoms with Gasteiger partial charge >= 0.3 is 0 Å². The smallest absolute Gasteiger partial charge is 0.270 e. The molecule has 0 radical (unpaired) electrons. The number of sulfonamides is 1. The number of ketones is 1. The first-order valence-corrected chi connectivity index (χ1v) is 8.65. The van der Waals surface area contributed by atoms with Gasteiger partial charge in [-0.1, -0.05) is 18.2 Å². The maximum atomic E-state index is 12.2. The third-order valence-electron chi connectivity index (χ3n) is 3.43. The quantitative estimate of drug-likeness (QED) is 0.341. The van der Waals surface area contributed by atoms with E-state index in [1.807, 2.05) is 0 Å². The minimum atomic E-state index is -3.55. The van der Waals surface area contributed by atoms with Gasteiger partial charge in [-0.2, -0.15) is 0 Å². The molecular weight excluding hydrogens is 344 g/mol. The Hall–Kier alpha value is -2.84. The molecule has 8 heteroatoms. The normalized spacial score (nSPS) is 11.8. The van der Waals surface area contributed by atoms with Crippen molar-refractivity contribution in [1.82, 2.24) is 4.31 Å². The van der Waals surface area contributed by atoms with Gasteiger partial charge in [-0.3, -0.25) is 14.9 Å². The molecule has 130 valence electrons. The van der Waals surface area contributed by atoms with E-state index < -0.39 is 14.9 Å². The Bertz CT molecular complexity index is 932. The fraction of sp³-hybridized carbons (Fsp3) is 0.118. The van der Waals surface area contributed by atoms with E-state index in [2.05, 4.69) is 0 Å². The molecule has 0 aliphatic heterocycles. The fourth-order valence-corrected chi connectivity index (χ4v) is 2.91. The number of carbonyl (C=O) groups excluding carboxylic acids is 1. The van der Waals surface area contributed by atoms with Crippen LogP contribution >= 0.6 is 0 Å². The van der Waals surface area contributed by atoms with Crippen molar-refractivity contribution in [2.75, 3.05) is 14.1 Å². The molecule has 0 saturated carbocycles. The first kappa shape index (κ1) is 18.5. The Morgan fingerprint density at radius 3 is 2.32 bits per heavy atom. The van der Waals surface area contributed by atoms with Crippen LogP contribution in [0.3, 0.4) is 0 Å². The maximum absolute atomic E-state index is 12.2. The van der Waals surface area contributed by atoms with Crippen molar-refractivity contribution in [3.05, 3.63) is 75.8 Å². The number of non-ortho nitro benzene ring substituents is 1. The van der Waals surface area contributed by atoms with Gasteiger partial charge in [-0.25, -0.2) is 12.7 Å². The van der Waals surface area contributed by atoms with E-state index in [0.29, 0.717) is 11.1 Å². The topological polar surface area (TPSA) is 97.6 Å². The molecule has 0 bridgehead atoms. The molecule has 0 atom stereocenters. The van der Waals surface area contributed by atoms with Crippen LogP contribution in [0, 0.1) is 10.1 Å². The second-order valence-corrected chi connectivity index (χ2v) is 7.51. The lowest BCUT2D eigenvalue weighted by Crippen LogP contribution is -2.22. The average molecular weight is 360 g/mol. The number of nitro groups is 1. The molecule has 0 amide bonds. The fourth-order valence-electron chi connectivity index (χ4n) is 2.01. The summed E-state index contributed by atoms with van der Waals surface area (Å²) in [6.07, 6.45) is 2.76. The lowest BCUT2D eigenvalue weighted by Gasteiger charge is -2.11. The van der Waals surface area contributed by atoms with Crippen molar-refractivity contribution in [2.24, 2.45) is 0 Å². The first-order chi connectivity index (χ1) is 11.7. The maximum Gasteiger partial charge on any atom is 0.270 e. The van der Waals surface area contributed by atoms with Gasteiger partial charge in [-0.05, 0) is 35.9 Å². The zero-order chi connectivity index (χ0) is 18.6. The number of hydrogen-bond acceptors (Lipinski definition) is 5. The number of nitrogens with zero attached hydrogens (tertiary/aromatic N) is 2. The minimum absolute atomic E-state index is 0.0622. The predicted octanol–water partition coefficient (Wildman–Crippen LogP) is 2.74. The summed E-state index contributed by atoms with van der Waals surface area (Å²) in [4.78, 5) is 22.5. The van der Waals surface area contributed by atoms with E-state index in [4.69, 9.17) is 0 Å². The lowest BCUT2D eigenvalue weighted by atomic mass is 10.1. The summed E-state index contributed by atoms with van der Waals surface area (Å²) in [5, 5.41) is 10.7. The summed E-state index contributed by atoms with van der Waals surface area (Å²) in [7, 11) is -0.694. The molecule has 25 heavy (non-hydrogen) atoms. The van der Waals surface area contributed by atoms with Crippen LogP contribution in [-0.2, 0) is 10.0 Å². The van der Waals surface area contributed by atoms with Gasteiger partial charge in [0.05, 0.1) is 9.82 Å². The molecule has 0 fully saturated rings. The molecular formula is C17H16N2O5S. The molecule has 0 unspecified atom stereocenters. The predicted molar refractivity (Wildman–Crippen MR) is 93.8 cm³/mol. The molecule has 0 heterocycles. The average Bonchev–Trinajstić information content (AvgIpc) is 2.59. The standard InChI is InChI=1S/C17H16N2O5S/c1-18(2)25(23,24)16-9-7-14(8-10-16)17(20)11-6-13-4-3-5-15(12-13)19(21)22/h3-12H,1-2H3. The molecule has 0 aliphatic carbocycles. The third kappa shape index (κ3) is 4.37. The SMILES string of the molecule is CN(C)S(=O)(=O)c1ccc(C(=O)C=Cc2cccc([N+](=O)[O-])c2)cc1. The summed E-state index contributed by atoms with van der Waals surface area (Å²) < 4.78 is 25.1. The number of hydrogen-bond donors (Lipinski definition) is 0. The molecule has 0 spiro atoms. The van der Waals surface area contributed by atoms with Crippen molar-refractivity contribution in [2.45, 2.75) is 4.90 Å². The van der Waals surface area contributed by atoms with Crippen LogP contribution in [0.25, 0.3) is 6.08 Å². The van der Waals surface area contributed by atoms with Crippen LogP contribution in [0.1, 0.15) is 15.9 Å². The third-order valence-corrected chi connectivity index (χ3v) is 5.25. The molecule has 0 N–H and O–H groups in total. The van der Waals surface area contributed by atoms with E-state index in [0.717, 1.165) is 4.31 Å². The monoisotopic (exact) mass is 360 g/mol. The van der Waals surface area contributed by atoms with Crippen molar-refractivity contribution in [3.8, 4) is 0 Å². The number of benzene rings is 2. The first-order valence-electron chi connectivity index (χ1n) is 7.21. The van der Waals surface area contributed by atoms with Crippen molar-refractivity contribution < 1.29 is 18.1 Å². The number of rotatable bonds is 6. The Morgan fingerprint density at radius 1 is 1.12 bits per heavy atom. The van der Waals surface area contributed by atoms with Crippen LogP contribution in [0.2, 0.25) is 0 Å². The highest BCUT2D eigenvalue weighted by Crippen LogP contribution is 2.16. The van der Waals surface area contributed by atoms with Gasteiger partial charge < -0.3 is 0 Å². The Balaban J connectivity index is 2.19. The summed E-state index contributed by atoms with van der Waals surface area (Å²) in [5.74, 6) is -0.333. The van der Waals surface area contributed by atoms with Gasteiger partial charge in [0.2, 0.25) is 10.0 Å². The minimum Gasteiger partial charge on any atom is -0.289 e. The summed E-state index contributed by atoms with van der Waals surface area (Å²) >= 11 is 0. The zero-order valence-corrected chi connectivity index (χ0v) is 14.4. The second-order valence-electron chi connectivity index (χ2n) is 5.36. The van der Waals surface area contributed by atoms with Crippen LogP contribution in [0.15, 0.2) is 59.5 Å². The van der Waals surface area contributed by atoms with Crippen molar-refractivity contribution >= 4 is 27.6 Å². The summed E-state index contributed by atoms with van der Waals surface area (Å²) in [6, 6.07) is 11.5. The highest BCUT2D eigenvalue weighted by molar-refractivity contribution is 7.89. The van der Waals surface area contributed by atoms with Gasteiger partial charge in [0.1, 0.15) is 0 Å². The van der Waals surface area contributed by atoms with E-state index in [1.54, 1.807) is 6.07 Å². The van der Waals surface area contributed by atoms with Crippen LogP contribution < -0.4 is 0 Å². The largest absolute Gasteiger partial charge is 0.289 e. The highest BCUT2D eigenvalue weighted by Gasteiger charge is 2.17. The summed E-state index contributed by atoms with van der Waals surface area (Å²) in [6.45, 7) is 0. The van der Waals surface area contributed by atoms with Gasteiger partial charge in [0.15, 0.2) is 5.78 Å². The Labute approximate surface area is 145 Å². The Morgan fingerprint density at radius 2 is 1.76 bits per heavy atom. The second kappa shape index (κ2) is 7.37. The zero-order valence-electron chi connectivity index (χ0n) is 13.6. The van der Waals surface area contributed by atoms with E-state index in [-0.39, 0.29) is 16.4 Å². The van der Waals surface area contributed by atoms with E-state index >= 15 is 0 Å². The van der Waals surface area contributed by atoms with Gasteiger partial charge in [0, 0.05) is 31.8 Å². The Kier molecular flexibility index (Phi) is 5.45. The highest BCUT2D eigenvalue weighted by atomic mass is 32.2. The molecule has 0 aromatic heterocycles. The molecule has 2 aromatic rings. The molecule has 0 saturated heterocycles. The molecule has 2 rings (SSSR count). The van der Waals surface area contributed by atoms with Crippen molar-refractivity contribution in [1.29, 1.82) is 0 Å². The summed E-state index contributed by atoms with van der Waals surface area (Å²) in [5.41, 5.74) is 0.779. The van der Waals surface area contributed by atoms with E-state index in [9.17, 15) is 23.3 Å². The number of allylic oxidation sites excluding steroid dienone is 1.